The van der Waals surface area contributed by atoms with Gasteiger partial charge in [0.2, 0.25) is 0 Å². The summed E-state index contributed by atoms with van der Waals surface area (Å²) in [6, 6.07) is 9.78. The highest BCUT2D eigenvalue weighted by Gasteiger charge is 2.22. The molecule has 0 fully saturated rings. The van der Waals surface area contributed by atoms with E-state index in [9.17, 15) is 0 Å². The molecule has 0 radical (unpaired) electrons. The summed E-state index contributed by atoms with van der Waals surface area (Å²) in [6.45, 7) is 4.37. The zero-order valence-corrected chi connectivity index (χ0v) is 11.3. The number of fused-ring (bicyclic) bond motifs is 1. The van der Waals surface area contributed by atoms with Gasteiger partial charge in [0.25, 0.3) is 0 Å². The van der Waals surface area contributed by atoms with E-state index in [0.29, 0.717) is 11.6 Å². The van der Waals surface area contributed by atoms with Crippen LogP contribution in [0.2, 0.25) is 0 Å². The van der Waals surface area contributed by atoms with E-state index in [1.54, 1.807) is 6.20 Å². The van der Waals surface area contributed by atoms with Crippen molar-refractivity contribution in [2.45, 2.75) is 13.8 Å². The number of para-hydroxylation sites is 1. The van der Waals surface area contributed by atoms with E-state index in [2.05, 4.69) is 4.98 Å². The third-order valence-electron chi connectivity index (χ3n) is 2.85. The van der Waals surface area contributed by atoms with Gasteiger partial charge in [0.1, 0.15) is 11.3 Å². The molecule has 0 aliphatic carbocycles. The first kappa shape index (κ1) is 12.8. The smallest absolute Gasteiger partial charge is 0.145 e. The molecule has 0 aliphatic heterocycles. The Kier molecular flexibility index (Phi) is 3.48. The molecule has 94 valence electrons. The van der Waals surface area contributed by atoms with Gasteiger partial charge in [0.15, 0.2) is 0 Å². The van der Waals surface area contributed by atoms with Crippen LogP contribution in [0.1, 0.15) is 13.8 Å². The van der Waals surface area contributed by atoms with E-state index in [0.717, 1.165) is 16.7 Å². The van der Waals surface area contributed by atoms with Gasteiger partial charge in [0.05, 0.1) is 11.6 Å². The van der Waals surface area contributed by atoms with Crippen molar-refractivity contribution in [2.24, 2.45) is 11.1 Å². The molecule has 1 aromatic carbocycles. The molecule has 0 amide bonds. The van der Waals surface area contributed by atoms with Crippen molar-refractivity contribution in [3.05, 3.63) is 36.5 Å². The Labute approximate surface area is 112 Å². The number of rotatable bonds is 4. The molecule has 1 aromatic heterocycles. The molecular formula is C14H16N2OS. The molecule has 1 heterocycles. The maximum Gasteiger partial charge on any atom is 0.145 e. The van der Waals surface area contributed by atoms with Crippen LogP contribution < -0.4 is 10.5 Å². The largest absolute Gasteiger partial charge is 0.490 e. The van der Waals surface area contributed by atoms with Crippen molar-refractivity contribution in [3.63, 3.8) is 0 Å². The second-order valence-corrected chi connectivity index (χ2v) is 5.31. The Balaban J connectivity index is 2.25. The number of benzene rings is 1. The minimum Gasteiger partial charge on any atom is -0.490 e. The van der Waals surface area contributed by atoms with Crippen LogP contribution in [-0.4, -0.2) is 16.6 Å². The van der Waals surface area contributed by atoms with Gasteiger partial charge in [-0.1, -0.05) is 44.3 Å². The fraction of sp³-hybridized carbons (Fsp3) is 0.286. The third kappa shape index (κ3) is 2.59. The fourth-order valence-electron chi connectivity index (χ4n) is 1.52. The van der Waals surface area contributed by atoms with Gasteiger partial charge in [-0.2, -0.15) is 0 Å². The van der Waals surface area contributed by atoms with Gasteiger partial charge in [-0.15, -0.1) is 0 Å². The lowest BCUT2D eigenvalue weighted by Crippen LogP contribution is -2.35. The minimum atomic E-state index is -0.327. The number of hydrogen-bond donors (Lipinski definition) is 1. The van der Waals surface area contributed by atoms with E-state index in [4.69, 9.17) is 22.7 Å². The third-order valence-corrected chi connectivity index (χ3v) is 3.40. The molecule has 3 nitrogen and oxygen atoms in total. The maximum absolute atomic E-state index is 5.82. The van der Waals surface area contributed by atoms with Crippen LogP contribution in [0.3, 0.4) is 0 Å². The maximum atomic E-state index is 5.82. The normalized spacial score (nSPS) is 11.4. The first-order valence-electron chi connectivity index (χ1n) is 5.77. The zero-order chi connectivity index (χ0) is 13.2. The second kappa shape index (κ2) is 4.90. The SMILES string of the molecule is CC(C)(COc1cccc2cccnc12)C(N)=S. The summed E-state index contributed by atoms with van der Waals surface area (Å²) in [5, 5.41) is 1.06. The molecule has 0 saturated carbocycles. The number of nitrogens with two attached hydrogens (primary N) is 1. The van der Waals surface area contributed by atoms with Gasteiger partial charge in [-0.25, -0.2) is 0 Å². The molecule has 2 aromatic rings. The van der Waals surface area contributed by atoms with Crippen LogP contribution in [0.25, 0.3) is 10.9 Å². The number of ether oxygens (including phenoxy) is 1. The number of pyridine rings is 1. The second-order valence-electron chi connectivity index (χ2n) is 4.87. The fourth-order valence-corrected chi connectivity index (χ4v) is 1.58. The summed E-state index contributed by atoms with van der Waals surface area (Å²) in [5.41, 5.74) is 6.22. The molecule has 0 unspecified atom stereocenters. The highest BCUT2D eigenvalue weighted by Crippen LogP contribution is 2.25. The minimum absolute atomic E-state index is 0.327. The van der Waals surface area contributed by atoms with Crippen molar-refractivity contribution in [1.82, 2.24) is 4.98 Å². The van der Waals surface area contributed by atoms with E-state index >= 15 is 0 Å². The Hall–Kier alpha value is -1.68. The Morgan fingerprint density at radius 1 is 1.33 bits per heavy atom. The van der Waals surface area contributed by atoms with E-state index < -0.39 is 0 Å². The molecule has 0 spiro atoms. The summed E-state index contributed by atoms with van der Waals surface area (Å²) >= 11 is 5.03. The molecule has 0 bridgehead atoms. The zero-order valence-electron chi connectivity index (χ0n) is 10.5. The van der Waals surface area contributed by atoms with Crippen molar-refractivity contribution in [2.75, 3.05) is 6.61 Å². The summed E-state index contributed by atoms with van der Waals surface area (Å²) in [4.78, 5) is 4.79. The van der Waals surface area contributed by atoms with E-state index in [-0.39, 0.29) is 5.41 Å². The van der Waals surface area contributed by atoms with Crippen LogP contribution >= 0.6 is 12.2 Å². The van der Waals surface area contributed by atoms with Crippen LogP contribution in [0, 0.1) is 5.41 Å². The van der Waals surface area contributed by atoms with Gasteiger partial charge in [-0.05, 0) is 12.1 Å². The molecule has 0 saturated heterocycles. The average Bonchev–Trinajstić information content (AvgIpc) is 2.36. The van der Waals surface area contributed by atoms with E-state index in [1.807, 2.05) is 44.2 Å². The van der Waals surface area contributed by atoms with Gasteiger partial charge < -0.3 is 10.5 Å². The van der Waals surface area contributed by atoms with Gasteiger partial charge >= 0.3 is 0 Å². The molecule has 0 atom stereocenters. The highest BCUT2D eigenvalue weighted by molar-refractivity contribution is 7.80. The van der Waals surface area contributed by atoms with Crippen molar-refractivity contribution in [3.8, 4) is 5.75 Å². The number of aromatic nitrogens is 1. The Bertz CT molecular complexity index is 576. The molecule has 2 N–H and O–H groups in total. The molecule has 0 aliphatic rings. The molecule has 2 rings (SSSR count). The number of nitrogens with zero attached hydrogens (tertiary/aromatic N) is 1. The summed E-state index contributed by atoms with van der Waals surface area (Å²) < 4.78 is 5.82. The Morgan fingerprint density at radius 2 is 2.06 bits per heavy atom. The quantitative estimate of drug-likeness (QED) is 0.859. The van der Waals surface area contributed by atoms with Gasteiger partial charge in [-0.3, -0.25) is 4.98 Å². The molecule has 4 heteroatoms. The summed E-state index contributed by atoms with van der Waals surface area (Å²) in [5.74, 6) is 0.762. The number of hydrogen-bond acceptors (Lipinski definition) is 3. The molecule has 18 heavy (non-hydrogen) atoms. The number of thiocarbonyl (C=S) groups is 1. The predicted octanol–water partition coefficient (Wildman–Crippen LogP) is 2.93. The van der Waals surface area contributed by atoms with Crippen LogP contribution in [0.4, 0.5) is 0 Å². The lowest BCUT2D eigenvalue weighted by atomic mass is 9.95. The van der Waals surface area contributed by atoms with Crippen molar-refractivity contribution >= 4 is 28.1 Å². The predicted molar refractivity (Wildman–Crippen MR) is 77.8 cm³/mol. The van der Waals surface area contributed by atoms with Crippen molar-refractivity contribution in [1.29, 1.82) is 0 Å². The topological polar surface area (TPSA) is 48.1 Å². The first-order valence-corrected chi connectivity index (χ1v) is 6.18. The van der Waals surface area contributed by atoms with E-state index in [1.165, 1.54) is 0 Å². The van der Waals surface area contributed by atoms with Gasteiger partial charge in [0, 0.05) is 17.0 Å². The van der Waals surface area contributed by atoms with Crippen LogP contribution in [-0.2, 0) is 0 Å². The monoisotopic (exact) mass is 260 g/mol. The standard InChI is InChI=1S/C14H16N2OS/c1-14(2,13(15)18)9-17-11-7-3-5-10-6-4-8-16-12(10)11/h3-8H,9H2,1-2H3,(H2,15,18). The van der Waals surface area contributed by atoms with Crippen LogP contribution in [0.15, 0.2) is 36.5 Å². The van der Waals surface area contributed by atoms with Crippen LogP contribution in [0.5, 0.6) is 5.75 Å². The summed E-state index contributed by atoms with van der Waals surface area (Å²) in [7, 11) is 0. The lowest BCUT2D eigenvalue weighted by Gasteiger charge is -2.23. The summed E-state index contributed by atoms with van der Waals surface area (Å²) in [6.07, 6.45) is 1.76. The molecular weight excluding hydrogens is 244 g/mol. The van der Waals surface area contributed by atoms with Crippen molar-refractivity contribution < 1.29 is 4.74 Å². The highest BCUT2D eigenvalue weighted by atomic mass is 32.1. The average molecular weight is 260 g/mol. The first-order chi connectivity index (χ1) is 8.50. The Morgan fingerprint density at radius 3 is 2.78 bits per heavy atom. The lowest BCUT2D eigenvalue weighted by molar-refractivity contribution is 0.239.